The van der Waals surface area contributed by atoms with Crippen LogP contribution < -0.4 is 20.6 Å². The van der Waals surface area contributed by atoms with Crippen molar-refractivity contribution in [3.05, 3.63) is 75.3 Å². The molecule has 0 spiro atoms. The molecule has 0 unspecified atom stereocenters. The van der Waals surface area contributed by atoms with Crippen LogP contribution in [0.4, 0.5) is 5.82 Å². The number of benzene rings is 2. The minimum Gasteiger partial charge on any atom is -0.490 e. The minimum absolute atomic E-state index is 0.243. The molecule has 0 amide bonds. The molecule has 0 aliphatic carbocycles. The maximum absolute atomic E-state index is 11.1. The second kappa shape index (κ2) is 9.52. The predicted octanol–water partition coefficient (Wildman–Crippen LogP) is 3.24. The second-order valence-corrected chi connectivity index (χ2v) is 6.03. The Morgan fingerprint density at radius 2 is 2.00 bits per heavy atom. The van der Waals surface area contributed by atoms with E-state index in [0.717, 1.165) is 11.1 Å². The zero-order valence-electron chi connectivity index (χ0n) is 15.1. The van der Waals surface area contributed by atoms with Crippen molar-refractivity contribution in [2.24, 2.45) is 5.10 Å². The van der Waals surface area contributed by atoms with Crippen molar-refractivity contribution in [3.8, 4) is 11.5 Å². The van der Waals surface area contributed by atoms with Crippen molar-refractivity contribution in [1.29, 1.82) is 0 Å². The Labute approximate surface area is 166 Å². The van der Waals surface area contributed by atoms with Crippen LogP contribution in [0.25, 0.3) is 0 Å². The van der Waals surface area contributed by atoms with E-state index in [0.29, 0.717) is 29.7 Å². The Morgan fingerprint density at radius 3 is 2.75 bits per heavy atom. The van der Waals surface area contributed by atoms with Gasteiger partial charge in [0.05, 0.1) is 19.0 Å². The van der Waals surface area contributed by atoms with Crippen molar-refractivity contribution < 1.29 is 9.47 Å². The van der Waals surface area contributed by atoms with E-state index in [1.165, 1.54) is 6.20 Å². The molecule has 0 aliphatic heterocycles. The van der Waals surface area contributed by atoms with E-state index in [4.69, 9.17) is 21.1 Å². The number of aromatic nitrogens is 3. The van der Waals surface area contributed by atoms with Gasteiger partial charge in [-0.05, 0) is 48.4 Å². The number of hydrogen-bond donors (Lipinski definition) is 2. The quantitative estimate of drug-likeness (QED) is 0.445. The largest absolute Gasteiger partial charge is 0.490 e. The number of H-pyrrole nitrogens is 1. The van der Waals surface area contributed by atoms with Gasteiger partial charge >= 0.3 is 5.69 Å². The van der Waals surface area contributed by atoms with Crippen LogP contribution in [0.15, 0.2) is 58.6 Å². The molecule has 0 saturated carbocycles. The Morgan fingerprint density at radius 1 is 1.18 bits per heavy atom. The molecule has 1 aromatic heterocycles. The molecule has 2 aromatic carbocycles. The molecule has 28 heavy (non-hydrogen) atoms. The minimum atomic E-state index is -0.555. The number of hydrazone groups is 1. The Balaban J connectivity index is 1.68. The first kappa shape index (κ1) is 19.4. The van der Waals surface area contributed by atoms with E-state index in [1.54, 1.807) is 6.21 Å². The number of ether oxygens (including phenoxy) is 2. The Bertz CT molecular complexity index is 1000. The van der Waals surface area contributed by atoms with Crippen LogP contribution in [0.2, 0.25) is 5.02 Å². The molecule has 3 aromatic rings. The van der Waals surface area contributed by atoms with E-state index < -0.39 is 5.69 Å². The fraction of sp³-hybridized carbons (Fsp3) is 0.158. The van der Waals surface area contributed by atoms with E-state index >= 15 is 0 Å². The highest BCUT2D eigenvalue weighted by Gasteiger charge is 2.07. The van der Waals surface area contributed by atoms with Gasteiger partial charge < -0.3 is 9.47 Å². The van der Waals surface area contributed by atoms with Crippen molar-refractivity contribution >= 4 is 23.6 Å². The highest BCUT2D eigenvalue weighted by Crippen LogP contribution is 2.29. The number of aromatic amines is 1. The molecule has 8 nitrogen and oxygen atoms in total. The van der Waals surface area contributed by atoms with Crippen LogP contribution in [0, 0.1) is 0 Å². The third-order valence-electron chi connectivity index (χ3n) is 3.54. The summed E-state index contributed by atoms with van der Waals surface area (Å²) < 4.78 is 11.5. The van der Waals surface area contributed by atoms with Crippen LogP contribution in [0.3, 0.4) is 0 Å². The van der Waals surface area contributed by atoms with Crippen molar-refractivity contribution in [1.82, 2.24) is 15.2 Å². The first-order valence-corrected chi connectivity index (χ1v) is 8.86. The van der Waals surface area contributed by atoms with Crippen molar-refractivity contribution in [2.45, 2.75) is 13.5 Å². The number of hydrogen-bond acceptors (Lipinski definition) is 7. The first-order chi connectivity index (χ1) is 13.6. The molecule has 0 bridgehead atoms. The normalized spacial score (nSPS) is 10.8. The van der Waals surface area contributed by atoms with Crippen molar-refractivity contribution in [3.63, 3.8) is 0 Å². The summed E-state index contributed by atoms with van der Waals surface area (Å²) in [5, 5.41) is 10.5. The average molecular weight is 400 g/mol. The van der Waals surface area contributed by atoms with E-state index in [9.17, 15) is 4.79 Å². The molecule has 9 heteroatoms. The molecule has 1 heterocycles. The van der Waals surface area contributed by atoms with Gasteiger partial charge in [-0.3, -0.25) is 5.43 Å². The first-order valence-electron chi connectivity index (χ1n) is 8.49. The van der Waals surface area contributed by atoms with Gasteiger partial charge in [0.25, 0.3) is 0 Å². The maximum atomic E-state index is 11.1. The highest BCUT2D eigenvalue weighted by atomic mass is 35.5. The lowest BCUT2D eigenvalue weighted by molar-refractivity contribution is 0.269. The topological polar surface area (TPSA) is 101 Å². The molecular formula is C19H18ClN5O3. The fourth-order valence-corrected chi connectivity index (χ4v) is 2.40. The summed E-state index contributed by atoms with van der Waals surface area (Å²) in [5.41, 5.74) is 3.88. The molecule has 0 fully saturated rings. The molecular weight excluding hydrogens is 382 g/mol. The van der Waals surface area contributed by atoms with E-state index in [1.807, 2.05) is 49.4 Å². The standard InChI is InChI=1S/C19H18ClN5O3/c1-2-27-17-9-14(10-21-24-18-11-22-25-19(26)23-18)5-8-16(17)28-12-13-3-6-15(20)7-4-13/h3-11H,2,12H2,1H3,(H2,23,24,25,26)/b21-10+. The number of anilines is 1. The van der Waals surface area contributed by atoms with Gasteiger partial charge in [0.1, 0.15) is 6.61 Å². The van der Waals surface area contributed by atoms with Gasteiger partial charge in [-0.1, -0.05) is 23.7 Å². The molecule has 0 radical (unpaired) electrons. The number of nitrogens with one attached hydrogen (secondary N) is 2. The monoisotopic (exact) mass is 399 g/mol. The lowest BCUT2D eigenvalue weighted by atomic mass is 10.2. The summed E-state index contributed by atoms with van der Waals surface area (Å²) >= 11 is 5.90. The molecule has 3 rings (SSSR count). The number of nitrogens with zero attached hydrogens (tertiary/aromatic N) is 3. The Hall–Kier alpha value is -3.39. The molecule has 144 valence electrons. The van der Waals surface area contributed by atoms with Gasteiger partial charge in [-0.15, -0.1) is 0 Å². The van der Waals surface area contributed by atoms with Gasteiger partial charge in [-0.25, -0.2) is 9.89 Å². The molecule has 2 N–H and O–H groups in total. The lowest BCUT2D eigenvalue weighted by Crippen LogP contribution is -2.13. The summed E-state index contributed by atoms with van der Waals surface area (Å²) in [6.45, 7) is 2.79. The lowest BCUT2D eigenvalue weighted by Gasteiger charge is -2.12. The van der Waals surface area contributed by atoms with Crippen molar-refractivity contribution in [2.75, 3.05) is 12.0 Å². The van der Waals surface area contributed by atoms with Crippen LogP contribution in [-0.4, -0.2) is 28.0 Å². The van der Waals surface area contributed by atoms with E-state index in [2.05, 4.69) is 25.7 Å². The third kappa shape index (κ3) is 5.55. The fourth-order valence-electron chi connectivity index (χ4n) is 2.27. The van der Waals surface area contributed by atoms with Crippen LogP contribution in [0.1, 0.15) is 18.1 Å². The average Bonchev–Trinajstić information content (AvgIpc) is 2.69. The summed E-state index contributed by atoms with van der Waals surface area (Å²) in [5.74, 6) is 1.48. The molecule has 0 aliphatic rings. The summed E-state index contributed by atoms with van der Waals surface area (Å²) in [4.78, 5) is 14.8. The van der Waals surface area contributed by atoms with Gasteiger partial charge in [0, 0.05) is 5.02 Å². The summed E-state index contributed by atoms with van der Waals surface area (Å²) in [6.07, 6.45) is 2.94. The number of rotatable bonds is 8. The van der Waals surface area contributed by atoms with E-state index in [-0.39, 0.29) is 5.82 Å². The van der Waals surface area contributed by atoms with Gasteiger partial charge in [0.15, 0.2) is 17.3 Å². The predicted molar refractivity (Wildman–Crippen MR) is 107 cm³/mol. The second-order valence-electron chi connectivity index (χ2n) is 5.60. The smallest absolute Gasteiger partial charge is 0.363 e. The highest BCUT2D eigenvalue weighted by molar-refractivity contribution is 6.30. The summed E-state index contributed by atoms with van der Waals surface area (Å²) in [6, 6.07) is 12.9. The SMILES string of the molecule is CCOc1cc(/C=N/Nc2cn[nH]c(=O)n2)ccc1OCc1ccc(Cl)cc1. The van der Waals surface area contributed by atoms with Crippen LogP contribution >= 0.6 is 11.6 Å². The van der Waals surface area contributed by atoms with Crippen LogP contribution in [-0.2, 0) is 6.61 Å². The number of halogens is 1. The zero-order valence-corrected chi connectivity index (χ0v) is 15.8. The zero-order chi connectivity index (χ0) is 19.8. The maximum Gasteiger partial charge on any atom is 0.363 e. The molecule has 0 saturated heterocycles. The van der Waals surface area contributed by atoms with Gasteiger partial charge in [-0.2, -0.15) is 15.2 Å². The van der Waals surface area contributed by atoms with Gasteiger partial charge in [0.2, 0.25) is 0 Å². The Kier molecular flexibility index (Phi) is 6.59. The third-order valence-corrected chi connectivity index (χ3v) is 3.79. The van der Waals surface area contributed by atoms with Crippen LogP contribution in [0.5, 0.6) is 11.5 Å². The molecule has 0 atom stereocenters. The summed E-state index contributed by atoms with van der Waals surface area (Å²) in [7, 11) is 0.